The van der Waals surface area contributed by atoms with Gasteiger partial charge in [0.05, 0.1) is 12.0 Å². The fraction of sp³-hybridized carbons (Fsp3) is 0.767. The van der Waals surface area contributed by atoms with Crippen LogP contribution in [0.25, 0.3) is 0 Å². The molecular weight excluding hydrogens is 568 g/mol. The van der Waals surface area contributed by atoms with Crippen LogP contribution in [-0.2, 0) is 52.4 Å². The number of hydrogen-bond acceptors (Lipinski definition) is 13. The second-order valence-corrected chi connectivity index (χ2v) is 13.0. The normalized spacial score (nSPS) is 41.1. The molecule has 1 saturated heterocycles. The molecule has 0 radical (unpaired) electrons. The van der Waals surface area contributed by atoms with E-state index in [0.717, 1.165) is 13.8 Å². The Morgan fingerprint density at radius 3 is 1.70 bits per heavy atom. The lowest BCUT2D eigenvalue weighted by Crippen LogP contribution is -2.76. The molecule has 2 bridgehead atoms. The van der Waals surface area contributed by atoms with E-state index in [2.05, 4.69) is 0 Å². The van der Waals surface area contributed by atoms with Crippen LogP contribution >= 0.6 is 0 Å². The number of carbonyl (C=O) groups is 5. The Labute approximate surface area is 250 Å². The summed E-state index contributed by atoms with van der Waals surface area (Å²) in [7, 11) is 0. The zero-order valence-corrected chi connectivity index (χ0v) is 26.0. The maximum Gasteiger partial charge on any atom is 0.303 e. The van der Waals surface area contributed by atoms with Crippen LogP contribution in [0.4, 0.5) is 0 Å². The van der Waals surface area contributed by atoms with Crippen molar-refractivity contribution in [2.24, 2.45) is 16.7 Å². The Hall–Kier alpha value is -3.03. The van der Waals surface area contributed by atoms with Gasteiger partial charge < -0.3 is 38.6 Å². The minimum atomic E-state index is -2.04. The van der Waals surface area contributed by atoms with E-state index >= 15 is 0 Å². The van der Waals surface area contributed by atoms with Gasteiger partial charge in [-0.3, -0.25) is 24.0 Å². The molecule has 13 nitrogen and oxygen atoms in total. The molecule has 3 fully saturated rings. The number of ether oxygens (including phenoxy) is 6. The van der Waals surface area contributed by atoms with Crippen LogP contribution in [0.15, 0.2) is 11.1 Å². The van der Waals surface area contributed by atoms with Crippen LogP contribution in [0, 0.1) is 16.7 Å². The van der Waals surface area contributed by atoms with Gasteiger partial charge in [-0.25, -0.2) is 0 Å². The van der Waals surface area contributed by atoms with E-state index in [-0.39, 0.29) is 25.0 Å². The number of fused-ring (bicyclic) bond motifs is 4. The van der Waals surface area contributed by atoms with Crippen molar-refractivity contribution < 1.29 is 62.6 Å². The monoisotopic (exact) mass is 610 g/mol. The summed E-state index contributed by atoms with van der Waals surface area (Å²) in [4.78, 5) is 62.4. The number of aliphatic hydroxyl groups is 2. The molecule has 240 valence electrons. The number of hydrogen-bond donors (Lipinski definition) is 2. The van der Waals surface area contributed by atoms with Gasteiger partial charge in [-0.05, 0) is 18.1 Å². The molecule has 1 heterocycles. The Bertz CT molecular complexity index is 1250. The maximum absolute atomic E-state index is 12.9. The second-order valence-electron chi connectivity index (χ2n) is 13.0. The highest BCUT2D eigenvalue weighted by Gasteiger charge is 2.79. The molecule has 4 aliphatic rings. The van der Waals surface area contributed by atoms with Gasteiger partial charge in [0.25, 0.3) is 0 Å². The van der Waals surface area contributed by atoms with Gasteiger partial charge in [0.1, 0.15) is 47.8 Å². The Balaban J connectivity index is 2.14. The quantitative estimate of drug-likeness (QED) is 0.197. The predicted molar refractivity (Wildman–Crippen MR) is 145 cm³/mol. The fourth-order valence-electron chi connectivity index (χ4n) is 8.17. The number of carbonyl (C=O) groups excluding carboxylic acids is 5. The van der Waals surface area contributed by atoms with E-state index in [1.807, 2.05) is 0 Å². The number of esters is 5. The number of epoxide rings is 1. The lowest BCUT2D eigenvalue weighted by atomic mass is 9.45. The lowest BCUT2D eigenvalue weighted by Gasteiger charge is -2.64. The van der Waals surface area contributed by atoms with Crippen LogP contribution in [0.3, 0.4) is 0 Å². The standard InChI is InChI=1S/C30H42O13/c1-13-19(39-14(2)31)11-30(37)26(43-18(6)35)24-28(9,25(42-17(5)34)23(36)22(13)27(30,7)8)20(40-15(3)32)10-21(41-16(4)33)29(24)12-38-29/h19-21,23-26,36-37H,10-12H2,1-9H3/t19-,20-,21-,23+,24-,25-,26+,28+,29-,30+/m0/s1. The van der Waals surface area contributed by atoms with Gasteiger partial charge in [-0.2, -0.15) is 0 Å². The first-order valence-corrected chi connectivity index (χ1v) is 14.4. The highest BCUT2D eigenvalue weighted by Crippen LogP contribution is 2.66. The van der Waals surface area contributed by atoms with Crippen LogP contribution in [0.5, 0.6) is 0 Å². The highest BCUT2D eigenvalue weighted by atomic mass is 16.6. The molecule has 0 aromatic heterocycles. The van der Waals surface area contributed by atoms with Crippen molar-refractivity contribution in [3.05, 3.63) is 11.1 Å². The molecule has 1 spiro atoms. The van der Waals surface area contributed by atoms with Crippen molar-refractivity contribution in [2.45, 2.75) is 123 Å². The third-order valence-corrected chi connectivity index (χ3v) is 9.98. The Morgan fingerprint density at radius 1 is 0.767 bits per heavy atom. The fourth-order valence-corrected chi connectivity index (χ4v) is 8.17. The first kappa shape index (κ1) is 32.9. The molecule has 0 aromatic rings. The van der Waals surface area contributed by atoms with E-state index in [9.17, 15) is 34.2 Å². The Kier molecular flexibility index (Phi) is 8.29. The molecule has 13 heteroatoms. The van der Waals surface area contributed by atoms with Crippen LogP contribution < -0.4 is 0 Å². The first-order chi connectivity index (χ1) is 19.7. The van der Waals surface area contributed by atoms with Gasteiger partial charge in [0.2, 0.25) is 0 Å². The van der Waals surface area contributed by atoms with E-state index in [4.69, 9.17) is 28.4 Å². The lowest BCUT2D eigenvalue weighted by molar-refractivity contribution is -0.283. The molecule has 2 N–H and O–H groups in total. The maximum atomic E-state index is 12.9. The zero-order valence-electron chi connectivity index (χ0n) is 26.0. The summed E-state index contributed by atoms with van der Waals surface area (Å²) in [6.45, 7) is 12.5. The molecule has 3 aliphatic carbocycles. The van der Waals surface area contributed by atoms with E-state index < -0.39 is 94.4 Å². The average Bonchev–Trinajstić information content (AvgIpc) is 3.63. The van der Waals surface area contributed by atoms with Gasteiger partial charge >= 0.3 is 29.8 Å². The predicted octanol–water partition coefficient (Wildman–Crippen LogP) is 1.29. The topological polar surface area (TPSA) is 184 Å². The summed E-state index contributed by atoms with van der Waals surface area (Å²) in [6.07, 6.45) is -8.16. The summed E-state index contributed by atoms with van der Waals surface area (Å²) in [5.74, 6) is -4.72. The van der Waals surface area contributed by atoms with Crippen molar-refractivity contribution in [2.75, 3.05) is 6.61 Å². The third-order valence-electron chi connectivity index (χ3n) is 9.98. The van der Waals surface area contributed by atoms with Crippen molar-refractivity contribution in [1.82, 2.24) is 0 Å². The molecule has 10 atom stereocenters. The summed E-state index contributed by atoms with van der Waals surface area (Å²) in [6, 6.07) is 0. The zero-order chi connectivity index (χ0) is 32.4. The van der Waals surface area contributed by atoms with Gasteiger partial charge in [0, 0.05) is 58.8 Å². The molecule has 4 rings (SSSR count). The van der Waals surface area contributed by atoms with Crippen LogP contribution in [0.2, 0.25) is 0 Å². The number of aliphatic hydroxyl groups excluding tert-OH is 1. The molecule has 0 aromatic carbocycles. The smallest absolute Gasteiger partial charge is 0.303 e. The van der Waals surface area contributed by atoms with Crippen molar-refractivity contribution in [1.29, 1.82) is 0 Å². The van der Waals surface area contributed by atoms with Crippen molar-refractivity contribution >= 4 is 29.8 Å². The molecular formula is C30H42O13. The van der Waals surface area contributed by atoms with E-state index in [0.29, 0.717) is 5.57 Å². The number of rotatable bonds is 5. The largest absolute Gasteiger partial charge is 0.462 e. The molecule has 1 aliphatic heterocycles. The summed E-state index contributed by atoms with van der Waals surface area (Å²) < 4.78 is 35.1. The molecule has 0 unspecified atom stereocenters. The van der Waals surface area contributed by atoms with E-state index in [1.165, 1.54) is 20.8 Å². The van der Waals surface area contributed by atoms with Crippen LogP contribution in [-0.4, -0.2) is 94.5 Å². The second kappa shape index (κ2) is 10.8. The van der Waals surface area contributed by atoms with E-state index in [1.54, 1.807) is 27.7 Å². The molecule has 2 saturated carbocycles. The SMILES string of the molecule is CC(=O)O[C@H]1C[C@@]2(O)[C@H](OC(C)=O)[C@@H]3[C@]4(CO4)[C@@H](OC(C)=O)C[C@H](OC(C)=O)[C@@]3(C)[C@@H](OC(C)=O)[C@H](O)C(=C1C)C2(C)C. The summed E-state index contributed by atoms with van der Waals surface area (Å²) in [5.41, 5.74) is -5.77. The minimum absolute atomic E-state index is 0.00967. The van der Waals surface area contributed by atoms with Crippen molar-refractivity contribution in [3.63, 3.8) is 0 Å². The van der Waals surface area contributed by atoms with Gasteiger partial charge in [0.15, 0.2) is 0 Å². The highest BCUT2D eigenvalue weighted by molar-refractivity contribution is 5.69. The van der Waals surface area contributed by atoms with Crippen molar-refractivity contribution in [3.8, 4) is 0 Å². The van der Waals surface area contributed by atoms with Crippen LogP contribution in [0.1, 0.15) is 75.2 Å². The minimum Gasteiger partial charge on any atom is -0.462 e. The summed E-state index contributed by atoms with van der Waals surface area (Å²) >= 11 is 0. The molecule has 43 heavy (non-hydrogen) atoms. The Morgan fingerprint density at radius 2 is 1.23 bits per heavy atom. The summed E-state index contributed by atoms with van der Waals surface area (Å²) in [5, 5.41) is 25.2. The van der Waals surface area contributed by atoms with Gasteiger partial charge in [-0.1, -0.05) is 20.8 Å². The third kappa shape index (κ3) is 5.12. The average molecular weight is 611 g/mol. The first-order valence-electron chi connectivity index (χ1n) is 14.4. The van der Waals surface area contributed by atoms with Gasteiger partial charge in [-0.15, -0.1) is 0 Å². The molecule has 0 amide bonds.